The SMILES string of the molecule is CCCCCCCC1COC(c2ccccc2OC(F)F)OC1. The van der Waals surface area contributed by atoms with Gasteiger partial charge in [-0.1, -0.05) is 57.2 Å². The summed E-state index contributed by atoms with van der Waals surface area (Å²) in [4.78, 5) is 0. The Balaban J connectivity index is 1.78. The van der Waals surface area contributed by atoms with Crippen molar-refractivity contribution < 1.29 is 23.0 Å². The van der Waals surface area contributed by atoms with Crippen molar-refractivity contribution in [3.8, 4) is 5.75 Å². The second kappa shape index (κ2) is 9.83. The van der Waals surface area contributed by atoms with E-state index < -0.39 is 12.9 Å². The number of halogens is 2. The second-order valence-corrected chi connectivity index (χ2v) is 5.98. The topological polar surface area (TPSA) is 27.7 Å². The van der Waals surface area contributed by atoms with E-state index in [9.17, 15) is 8.78 Å². The van der Waals surface area contributed by atoms with Crippen molar-refractivity contribution in [1.29, 1.82) is 0 Å². The Morgan fingerprint density at radius 1 is 1.09 bits per heavy atom. The Bertz CT molecular complexity index is 446. The molecule has 0 unspecified atom stereocenters. The van der Waals surface area contributed by atoms with Crippen LogP contribution in [-0.2, 0) is 9.47 Å². The quantitative estimate of drug-likeness (QED) is 0.575. The van der Waals surface area contributed by atoms with Gasteiger partial charge < -0.3 is 14.2 Å². The van der Waals surface area contributed by atoms with Crippen LogP contribution < -0.4 is 4.74 Å². The van der Waals surface area contributed by atoms with E-state index in [1.165, 1.54) is 38.2 Å². The van der Waals surface area contributed by atoms with Crippen molar-refractivity contribution >= 4 is 0 Å². The average Bonchev–Trinajstić information content (AvgIpc) is 2.55. The molecule has 0 aromatic heterocycles. The smallest absolute Gasteiger partial charge is 0.387 e. The van der Waals surface area contributed by atoms with Crippen molar-refractivity contribution in [3.63, 3.8) is 0 Å². The zero-order chi connectivity index (χ0) is 16.5. The molecular formula is C18H26F2O3. The molecule has 2 rings (SSSR count). The fourth-order valence-corrected chi connectivity index (χ4v) is 2.80. The predicted molar refractivity (Wildman–Crippen MR) is 84.6 cm³/mol. The minimum Gasteiger partial charge on any atom is -0.434 e. The number of ether oxygens (including phenoxy) is 3. The van der Waals surface area contributed by atoms with E-state index in [0.29, 0.717) is 24.7 Å². The molecule has 130 valence electrons. The van der Waals surface area contributed by atoms with Gasteiger partial charge in [0.15, 0.2) is 6.29 Å². The van der Waals surface area contributed by atoms with Crippen LogP contribution >= 0.6 is 0 Å². The summed E-state index contributed by atoms with van der Waals surface area (Å²) in [6.45, 7) is 0.553. The van der Waals surface area contributed by atoms with E-state index in [2.05, 4.69) is 11.7 Å². The molecule has 0 amide bonds. The van der Waals surface area contributed by atoms with Gasteiger partial charge in [-0.3, -0.25) is 0 Å². The van der Waals surface area contributed by atoms with Crippen molar-refractivity contribution in [1.82, 2.24) is 0 Å². The minimum absolute atomic E-state index is 0.116. The van der Waals surface area contributed by atoms with Gasteiger partial charge in [0.1, 0.15) is 5.75 Å². The summed E-state index contributed by atoms with van der Waals surface area (Å²) in [6, 6.07) is 6.63. The summed E-state index contributed by atoms with van der Waals surface area (Å²) in [5.41, 5.74) is 0.522. The van der Waals surface area contributed by atoms with Crippen LogP contribution in [0.3, 0.4) is 0 Å². The number of benzene rings is 1. The Hall–Kier alpha value is -1.20. The second-order valence-electron chi connectivity index (χ2n) is 5.98. The zero-order valence-electron chi connectivity index (χ0n) is 13.7. The molecule has 23 heavy (non-hydrogen) atoms. The lowest BCUT2D eigenvalue weighted by Crippen LogP contribution is -2.27. The molecule has 1 heterocycles. The van der Waals surface area contributed by atoms with Crippen molar-refractivity contribution in [2.24, 2.45) is 5.92 Å². The molecule has 0 aliphatic carbocycles. The fraction of sp³-hybridized carbons (Fsp3) is 0.667. The van der Waals surface area contributed by atoms with E-state index in [1.54, 1.807) is 18.2 Å². The summed E-state index contributed by atoms with van der Waals surface area (Å²) >= 11 is 0. The molecule has 1 aliphatic rings. The molecule has 1 aliphatic heterocycles. The Labute approximate surface area is 136 Å². The van der Waals surface area contributed by atoms with Crippen molar-refractivity contribution in [2.45, 2.75) is 58.4 Å². The highest BCUT2D eigenvalue weighted by molar-refractivity contribution is 5.34. The molecule has 1 aromatic carbocycles. The van der Waals surface area contributed by atoms with Gasteiger partial charge in [-0.2, -0.15) is 8.78 Å². The first-order valence-corrected chi connectivity index (χ1v) is 8.47. The van der Waals surface area contributed by atoms with E-state index in [0.717, 1.165) is 6.42 Å². The highest BCUT2D eigenvalue weighted by Crippen LogP contribution is 2.33. The molecule has 1 saturated heterocycles. The predicted octanol–water partition coefficient (Wildman–Crippen LogP) is 5.31. The Kier molecular flexibility index (Phi) is 7.76. The minimum atomic E-state index is -2.85. The van der Waals surface area contributed by atoms with Crippen molar-refractivity contribution in [2.75, 3.05) is 13.2 Å². The molecule has 0 saturated carbocycles. The largest absolute Gasteiger partial charge is 0.434 e. The van der Waals surface area contributed by atoms with Crippen LogP contribution in [0.4, 0.5) is 8.78 Å². The molecule has 1 fully saturated rings. The van der Waals surface area contributed by atoms with E-state index in [-0.39, 0.29) is 5.75 Å². The van der Waals surface area contributed by atoms with Gasteiger partial charge in [-0.15, -0.1) is 0 Å². The van der Waals surface area contributed by atoms with Gasteiger partial charge in [-0.05, 0) is 12.5 Å². The van der Waals surface area contributed by atoms with Crippen molar-refractivity contribution in [3.05, 3.63) is 29.8 Å². The summed E-state index contributed by atoms with van der Waals surface area (Å²) < 4.78 is 40.9. The van der Waals surface area contributed by atoms with Gasteiger partial charge in [-0.25, -0.2) is 0 Å². The number of hydrogen-bond donors (Lipinski definition) is 0. The van der Waals surface area contributed by atoms with Gasteiger partial charge in [0.25, 0.3) is 0 Å². The van der Waals surface area contributed by atoms with Gasteiger partial charge in [0.05, 0.1) is 13.2 Å². The molecule has 0 radical (unpaired) electrons. The van der Waals surface area contributed by atoms with Crippen LogP contribution in [0.15, 0.2) is 24.3 Å². The lowest BCUT2D eigenvalue weighted by Gasteiger charge is -2.30. The maximum atomic E-state index is 12.5. The van der Waals surface area contributed by atoms with E-state index in [1.807, 2.05) is 0 Å². The van der Waals surface area contributed by atoms with E-state index >= 15 is 0 Å². The van der Waals surface area contributed by atoms with Crippen LogP contribution in [0.2, 0.25) is 0 Å². The highest BCUT2D eigenvalue weighted by Gasteiger charge is 2.26. The Morgan fingerprint density at radius 3 is 2.48 bits per heavy atom. The molecule has 5 heteroatoms. The average molecular weight is 328 g/mol. The molecule has 0 spiro atoms. The summed E-state index contributed by atoms with van der Waals surface area (Å²) in [7, 11) is 0. The van der Waals surface area contributed by atoms with Crippen LogP contribution in [-0.4, -0.2) is 19.8 Å². The van der Waals surface area contributed by atoms with Crippen LogP contribution in [0, 0.1) is 5.92 Å². The first-order valence-electron chi connectivity index (χ1n) is 8.47. The number of alkyl halides is 2. The molecular weight excluding hydrogens is 302 g/mol. The maximum absolute atomic E-state index is 12.5. The molecule has 0 bridgehead atoms. The summed E-state index contributed by atoms with van der Waals surface area (Å²) in [5.74, 6) is 0.501. The summed E-state index contributed by atoms with van der Waals surface area (Å²) in [6.07, 6.45) is 6.72. The van der Waals surface area contributed by atoms with Crippen LogP contribution in [0.5, 0.6) is 5.75 Å². The summed E-state index contributed by atoms with van der Waals surface area (Å²) in [5, 5.41) is 0. The third kappa shape index (κ3) is 6.07. The fourth-order valence-electron chi connectivity index (χ4n) is 2.80. The molecule has 1 aromatic rings. The Morgan fingerprint density at radius 2 is 1.78 bits per heavy atom. The van der Waals surface area contributed by atoms with Gasteiger partial charge >= 0.3 is 6.61 Å². The van der Waals surface area contributed by atoms with E-state index in [4.69, 9.17) is 9.47 Å². The van der Waals surface area contributed by atoms with Crippen LogP contribution in [0.25, 0.3) is 0 Å². The monoisotopic (exact) mass is 328 g/mol. The standard InChI is InChI=1S/C18H26F2O3/c1-2-3-4-5-6-9-14-12-21-17(22-13-14)15-10-7-8-11-16(15)23-18(19)20/h7-8,10-11,14,17-18H,2-6,9,12-13H2,1H3. The number of hydrogen-bond acceptors (Lipinski definition) is 3. The number of unbranched alkanes of at least 4 members (excludes halogenated alkanes) is 4. The first kappa shape index (κ1) is 18.1. The lowest BCUT2D eigenvalue weighted by molar-refractivity contribution is -0.207. The third-order valence-electron chi connectivity index (χ3n) is 4.07. The molecule has 0 N–H and O–H groups in total. The number of para-hydroxylation sites is 1. The lowest BCUT2D eigenvalue weighted by atomic mass is 10.0. The van der Waals surface area contributed by atoms with Gasteiger partial charge in [0.2, 0.25) is 0 Å². The highest BCUT2D eigenvalue weighted by atomic mass is 19.3. The maximum Gasteiger partial charge on any atom is 0.387 e. The normalized spacial score (nSPS) is 21.6. The molecule has 0 atom stereocenters. The molecule has 3 nitrogen and oxygen atoms in total. The first-order chi connectivity index (χ1) is 11.2. The zero-order valence-corrected chi connectivity index (χ0v) is 13.7. The number of rotatable bonds is 9. The third-order valence-corrected chi connectivity index (χ3v) is 4.07. The van der Waals surface area contributed by atoms with Crippen LogP contribution in [0.1, 0.15) is 57.3 Å². The van der Waals surface area contributed by atoms with Gasteiger partial charge in [0, 0.05) is 11.5 Å².